The smallest absolute Gasteiger partial charge is 0.295 e. The van der Waals surface area contributed by atoms with Gasteiger partial charge in [-0.25, -0.2) is 14.4 Å². The number of halogens is 1. The van der Waals surface area contributed by atoms with Crippen LogP contribution in [0.1, 0.15) is 5.82 Å². The molecule has 0 aliphatic rings. The maximum atomic E-state index is 13.0. The van der Waals surface area contributed by atoms with Gasteiger partial charge in [-0.05, 0) is 18.2 Å². The van der Waals surface area contributed by atoms with Crippen molar-refractivity contribution in [3.05, 3.63) is 52.2 Å². The molecular weight excluding hydrogens is 253 g/mol. The van der Waals surface area contributed by atoms with Gasteiger partial charge in [0, 0.05) is 6.20 Å². The first kappa shape index (κ1) is 12.7. The van der Waals surface area contributed by atoms with Gasteiger partial charge in [-0.15, -0.1) is 0 Å². The van der Waals surface area contributed by atoms with Crippen molar-refractivity contribution in [1.29, 1.82) is 0 Å². The van der Waals surface area contributed by atoms with Gasteiger partial charge in [0.1, 0.15) is 23.1 Å². The molecule has 0 spiro atoms. The average Bonchev–Trinajstić information content (AvgIpc) is 2.37. The second kappa shape index (κ2) is 5.25. The molecule has 0 atom stereocenters. The Balaban J connectivity index is 2.17. The van der Waals surface area contributed by atoms with Gasteiger partial charge in [-0.3, -0.25) is 10.1 Å². The molecule has 0 saturated heterocycles. The zero-order valence-corrected chi connectivity index (χ0v) is 9.71. The van der Waals surface area contributed by atoms with E-state index in [1.807, 2.05) is 0 Å². The number of benzene rings is 1. The van der Waals surface area contributed by atoms with Gasteiger partial charge in [-0.2, -0.15) is 0 Å². The van der Waals surface area contributed by atoms with Crippen molar-refractivity contribution < 1.29 is 9.31 Å². The van der Waals surface area contributed by atoms with Gasteiger partial charge >= 0.3 is 0 Å². The van der Waals surface area contributed by atoms with Gasteiger partial charge in [0.25, 0.3) is 5.69 Å². The van der Waals surface area contributed by atoms with Gasteiger partial charge in [0.05, 0.1) is 17.5 Å². The Morgan fingerprint density at radius 2 is 2.21 bits per heavy atom. The lowest BCUT2D eigenvalue weighted by atomic mass is 10.2. The molecule has 1 heterocycles. The fraction of sp³-hybridized carbons (Fsp3) is 0.0909. The van der Waals surface area contributed by atoms with Crippen LogP contribution < -0.4 is 11.1 Å². The maximum Gasteiger partial charge on any atom is 0.295 e. The van der Waals surface area contributed by atoms with E-state index >= 15 is 0 Å². The number of hydrogen-bond acceptors (Lipinski definition) is 6. The summed E-state index contributed by atoms with van der Waals surface area (Å²) in [5.41, 5.74) is 5.34. The first-order chi connectivity index (χ1) is 9.06. The van der Waals surface area contributed by atoms with Crippen molar-refractivity contribution in [2.75, 3.05) is 11.1 Å². The molecular formula is C11H10FN5O2. The summed E-state index contributed by atoms with van der Waals surface area (Å²) in [7, 11) is 0. The lowest BCUT2D eigenvalue weighted by Crippen LogP contribution is -2.07. The van der Waals surface area contributed by atoms with Crippen molar-refractivity contribution in [3.63, 3.8) is 0 Å². The largest absolute Gasteiger partial charge is 0.384 e. The second-order valence-corrected chi connectivity index (χ2v) is 3.67. The van der Waals surface area contributed by atoms with Gasteiger partial charge in [0.15, 0.2) is 0 Å². The molecule has 2 aromatic rings. The van der Waals surface area contributed by atoms with Crippen LogP contribution in [-0.2, 0) is 6.54 Å². The number of nitro benzene ring substituents is 1. The molecule has 0 amide bonds. The van der Waals surface area contributed by atoms with E-state index < -0.39 is 10.7 Å². The fourth-order valence-corrected chi connectivity index (χ4v) is 1.48. The van der Waals surface area contributed by atoms with Crippen molar-refractivity contribution >= 4 is 17.2 Å². The summed E-state index contributed by atoms with van der Waals surface area (Å²) in [5.74, 6) is 0.0245. The zero-order chi connectivity index (χ0) is 13.8. The molecule has 2 rings (SSSR count). The lowest BCUT2D eigenvalue weighted by molar-refractivity contribution is -0.384. The number of nitrogens with zero attached hydrogens (tertiary/aromatic N) is 3. The normalized spacial score (nSPS) is 10.2. The highest BCUT2D eigenvalue weighted by molar-refractivity contribution is 5.61. The van der Waals surface area contributed by atoms with Gasteiger partial charge < -0.3 is 11.1 Å². The third-order valence-electron chi connectivity index (χ3n) is 2.32. The first-order valence-corrected chi connectivity index (χ1v) is 5.31. The fourth-order valence-electron chi connectivity index (χ4n) is 1.48. The van der Waals surface area contributed by atoms with Crippen LogP contribution in [0.2, 0.25) is 0 Å². The SMILES string of the molecule is Nc1ccnc(CNc2ccc(F)cc2[N+](=O)[O-])n1. The van der Waals surface area contributed by atoms with Crippen LogP contribution in [-0.4, -0.2) is 14.9 Å². The standard InChI is InChI=1S/C11H10FN5O2/c12-7-1-2-8(9(5-7)17(18)19)15-6-11-14-4-3-10(13)16-11/h1-5,15H,6H2,(H2,13,14,16). The highest BCUT2D eigenvalue weighted by Crippen LogP contribution is 2.25. The van der Waals surface area contributed by atoms with Crippen molar-refractivity contribution in [3.8, 4) is 0 Å². The summed E-state index contributed by atoms with van der Waals surface area (Å²) >= 11 is 0. The number of nitro groups is 1. The Morgan fingerprint density at radius 3 is 2.89 bits per heavy atom. The van der Waals surface area contributed by atoms with Crippen LogP contribution in [0.15, 0.2) is 30.5 Å². The molecule has 8 heteroatoms. The minimum Gasteiger partial charge on any atom is -0.384 e. The third-order valence-corrected chi connectivity index (χ3v) is 2.32. The molecule has 0 unspecified atom stereocenters. The quantitative estimate of drug-likeness (QED) is 0.642. The Bertz CT molecular complexity index is 620. The van der Waals surface area contributed by atoms with Crippen molar-refractivity contribution in [2.45, 2.75) is 6.54 Å². The molecule has 19 heavy (non-hydrogen) atoms. The van der Waals surface area contributed by atoms with Crippen LogP contribution in [0.5, 0.6) is 0 Å². The number of anilines is 2. The van der Waals surface area contributed by atoms with Crippen molar-refractivity contribution in [2.24, 2.45) is 0 Å². The monoisotopic (exact) mass is 263 g/mol. The second-order valence-electron chi connectivity index (χ2n) is 3.67. The summed E-state index contributed by atoms with van der Waals surface area (Å²) in [4.78, 5) is 18.0. The van der Waals surface area contributed by atoms with E-state index in [0.29, 0.717) is 11.6 Å². The van der Waals surface area contributed by atoms with E-state index in [0.717, 1.165) is 12.1 Å². The van der Waals surface area contributed by atoms with E-state index in [1.165, 1.54) is 18.3 Å². The van der Waals surface area contributed by atoms with Gasteiger partial charge in [0.2, 0.25) is 0 Å². The molecule has 7 nitrogen and oxygen atoms in total. The van der Waals surface area contributed by atoms with E-state index in [9.17, 15) is 14.5 Å². The first-order valence-electron chi connectivity index (χ1n) is 5.31. The molecule has 98 valence electrons. The Hall–Kier alpha value is -2.77. The highest BCUT2D eigenvalue weighted by Gasteiger charge is 2.14. The lowest BCUT2D eigenvalue weighted by Gasteiger charge is -2.06. The Morgan fingerprint density at radius 1 is 1.42 bits per heavy atom. The summed E-state index contributed by atoms with van der Waals surface area (Å²) in [6.07, 6.45) is 1.48. The Kier molecular flexibility index (Phi) is 3.51. The maximum absolute atomic E-state index is 13.0. The van der Waals surface area contributed by atoms with E-state index in [2.05, 4.69) is 15.3 Å². The predicted molar refractivity (Wildman–Crippen MR) is 66.8 cm³/mol. The summed E-state index contributed by atoms with van der Waals surface area (Å²) in [5, 5.41) is 13.6. The molecule has 1 aromatic heterocycles. The number of nitrogens with two attached hydrogens (primary N) is 1. The van der Waals surface area contributed by atoms with E-state index in [1.54, 1.807) is 0 Å². The molecule has 0 fully saturated rings. The van der Waals surface area contributed by atoms with Crippen molar-refractivity contribution in [1.82, 2.24) is 9.97 Å². The predicted octanol–water partition coefficient (Wildman–Crippen LogP) is 1.72. The molecule has 0 aliphatic heterocycles. The molecule has 3 N–H and O–H groups in total. The Labute approximate surface area is 107 Å². The average molecular weight is 263 g/mol. The van der Waals surface area contributed by atoms with E-state index in [4.69, 9.17) is 5.73 Å². The minimum absolute atomic E-state index is 0.150. The van der Waals surface area contributed by atoms with Crippen LogP contribution >= 0.6 is 0 Å². The number of nitrogen functional groups attached to an aromatic ring is 1. The molecule has 1 aromatic carbocycles. The summed E-state index contributed by atoms with van der Waals surface area (Å²) < 4.78 is 13.0. The van der Waals surface area contributed by atoms with Crippen LogP contribution in [0.25, 0.3) is 0 Å². The van der Waals surface area contributed by atoms with Crippen LogP contribution in [0.3, 0.4) is 0 Å². The summed E-state index contributed by atoms with van der Waals surface area (Å²) in [6.45, 7) is 0.150. The number of rotatable bonds is 4. The number of hydrogen-bond donors (Lipinski definition) is 2. The molecule has 0 radical (unpaired) electrons. The minimum atomic E-state index is -0.669. The van der Waals surface area contributed by atoms with Gasteiger partial charge in [-0.1, -0.05) is 0 Å². The van der Waals surface area contributed by atoms with Crippen LogP contribution in [0.4, 0.5) is 21.6 Å². The number of nitrogens with one attached hydrogen (secondary N) is 1. The zero-order valence-electron chi connectivity index (χ0n) is 9.71. The molecule has 0 saturated carbocycles. The topological polar surface area (TPSA) is 107 Å². The third kappa shape index (κ3) is 3.12. The number of aromatic nitrogens is 2. The summed E-state index contributed by atoms with van der Waals surface area (Å²) in [6, 6.07) is 4.81. The molecule has 0 aliphatic carbocycles. The van der Waals surface area contributed by atoms with E-state index in [-0.39, 0.29) is 17.9 Å². The molecule has 0 bridgehead atoms. The van der Waals surface area contributed by atoms with Crippen LogP contribution in [0, 0.1) is 15.9 Å². The highest BCUT2D eigenvalue weighted by atomic mass is 19.1.